The summed E-state index contributed by atoms with van der Waals surface area (Å²) in [6.45, 7) is 3.15. The van der Waals surface area contributed by atoms with Gasteiger partial charge in [0.25, 0.3) is 0 Å². The first kappa shape index (κ1) is 12.6. The summed E-state index contributed by atoms with van der Waals surface area (Å²) in [6, 6.07) is 0. The number of aliphatic carboxylic acids is 2. The highest BCUT2D eigenvalue weighted by Gasteiger charge is 2.38. The molecule has 80 valence electrons. The van der Waals surface area contributed by atoms with Crippen LogP contribution in [-0.2, 0) is 14.4 Å². The molecule has 0 aliphatic rings. The number of rotatable bonds is 6. The number of carbonyl (C=O) groups is 3. The third kappa shape index (κ3) is 3.16. The predicted octanol–water partition coefficient (Wildman–Crippen LogP) is 0.921. The minimum absolute atomic E-state index is 0.268. The van der Waals surface area contributed by atoms with Gasteiger partial charge in [-0.25, -0.2) is 4.79 Å². The van der Waals surface area contributed by atoms with Gasteiger partial charge < -0.3 is 10.2 Å². The van der Waals surface area contributed by atoms with Gasteiger partial charge in [-0.05, 0) is 6.42 Å². The zero-order chi connectivity index (χ0) is 11.4. The van der Waals surface area contributed by atoms with Gasteiger partial charge in [0.2, 0.25) is 5.78 Å². The number of carboxylic acid groups (broad SMARTS) is 2. The van der Waals surface area contributed by atoms with Crippen LogP contribution >= 0.6 is 0 Å². The maximum Gasteiger partial charge on any atom is 0.372 e. The Morgan fingerprint density at radius 3 is 2.00 bits per heavy atom. The first-order valence-corrected chi connectivity index (χ1v) is 4.33. The van der Waals surface area contributed by atoms with Crippen LogP contribution in [0.1, 0.15) is 33.1 Å². The van der Waals surface area contributed by atoms with Gasteiger partial charge in [0.15, 0.2) is 0 Å². The van der Waals surface area contributed by atoms with Crippen molar-refractivity contribution in [2.24, 2.45) is 5.41 Å². The molecule has 0 aliphatic carbocycles. The van der Waals surface area contributed by atoms with E-state index in [4.69, 9.17) is 10.2 Å². The molecule has 0 bridgehead atoms. The fraction of sp³-hybridized carbons (Fsp3) is 0.667. The average Bonchev–Trinajstić information content (AvgIpc) is 2.01. The molecule has 0 aliphatic heterocycles. The third-order valence-electron chi connectivity index (χ3n) is 2.09. The van der Waals surface area contributed by atoms with Crippen LogP contribution in [0.2, 0.25) is 0 Å². The van der Waals surface area contributed by atoms with Crippen molar-refractivity contribution >= 4 is 17.7 Å². The number of hydrogen-bond donors (Lipinski definition) is 2. The van der Waals surface area contributed by atoms with Crippen molar-refractivity contribution in [2.75, 3.05) is 0 Å². The summed E-state index contributed by atoms with van der Waals surface area (Å²) < 4.78 is 0. The molecule has 0 radical (unpaired) electrons. The smallest absolute Gasteiger partial charge is 0.372 e. The molecule has 0 heterocycles. The summed E-state index contributed by atoms with van der Waals surface area (Å²) in [5.74, 6) is -3.75. The van der Waals surface area contributed by atoms with Crippen molar-refractivity contribution in [3.8, 4) is 0 Å². The molecular formula is C9H14O5. The summed E-state index contributed by atoms with van der Waals surface area (Å²) in [5.41, 5.74) is -1.29. The molecule has 0 aromatic rings. The van der Waals surface area contributed by atoms with E-state index < -0.39 is 29.6 Å². The normalized spacial score (nSPS) is 14.4. The molecule has 0 rings (SSSR count). The Kier molecular flexibility index (Phi) is 4.27. The minimum Gasteiger partial charge on any atom is -0.481 e. The van der Waals surface area contributed by atoms with Gasteiger partial charge in [-0.2, -0.15) is 0 Å². The molecule has 2 N–H and O–H groups in total. The van der Waals surface area contributed by atoms with E-state index in [0.29, 0.717) is 6.42 Å². The van der Waals surface area contributed by atoms with E-state index in [1.165, 1.54) is 6.92 Å². The lowest BCUT2D eigenvalue weighted by atomic mass is 9.78. The number of carbonyl (C=O) groups excluding carboxylic acids is 1. The van der Waals surface area contributed by atoms with Crippen LogP contribution in [0.3, 0.4) is 0 Å². The Labute approximate surface area is 81.7 Å². The van der Waals surface area contributed by atoms with Crippen LogP contribution in [0.15, 0.2) is 0 Å². The fourth-order valence-corrected chi connectivity index (χ4v) is 1.43. The zero-order valence-electron chi connectivity index (χ0n) is 8.24. The zero-order valence-corrected chi connectivity index (χ0v) is 8.24. The van der Waals surface area contributed by atoms with E-state index in [0.717, 1.165) is 0 Å². The van der Waals surface area contributed by atoms with Gasteiger partial charge in [0.1, 0.15) is 0 Å². The molecule has 0 saturated carbocycles. The molecule has 0 spiro atoms. The first-order chi connectivity index (χ1) is 6.33. The van der Waals surface area contributed by atoms with Crippen LogP contribution in [0.25, 0.3) is 0 Å². The van der Waals surface area contributed by atoms with E-state index in [2.05, 4.69) is 0 Å². The highest BCUT2D eigenvalue weighted by molar-refractivity contribution is 6.35. The molecule has 0 amide bonds. The Balaban J connectivity index is 4.78. The molecule has 5 heteroatoms. The van der Waals surface area contributed by atoms with Crippen molar-refractivity contribution in [1.29, 1.82) is 0 Å². The topological polar surface area (TPSA) is 91.7 Å². The Morgan fingerprint density at radius 2 is 1.71 bits per heavy atom. The number of ketones is 1. The lowest BCUT2D eigenvalue weighted by Gasteiger charge is -2.23. The van der Waals surface area contributed by atoms with Gasteiger partial charge in [0, 0.05) is 5.41 Å². The molecule has 0 aromatic carbocycles. The van der Waals surface area contributed by atoms with Gasteiger partial charge in [-0.3, -0.25) is 9.59 Å². The van der Waals surface area contributed by atoms with Crippen molar-refractivity contribution in [2.45, 2.75) is 33.1 Å². The standard InChI is InChI=1S/C9H14O5/c1-3-4-9(2,5-6(10)11)7(12)8(13)14/h3-5H2,1-2H3,(H,10,11)(H,13,14). The monoisotopic (exact) mass is 202 g/mol. The molecule has 0 aromatic heterocycles. The molecule has 0 fully saturated rings. The van der Waals surface area contributed by atoms with Gasteiger partial charge in [-0.15, -0.1) is 0 Å². The third-order valence-corrected chi connectivity index (χ3v) is 2.09. The van der Waals surface area contributed by atoms with Crippen molar-refractivity contribution in [3.05, 3.63) is 0 Å². The molecule has 5 nitrogen and oxygen atoms in total. The lowest BCUT2D eigenvalue weighted by molar-refractivity contribution is -0.156. The van der Waals surface area contributed by atoms with E-state index in [1.807, 2.05) is 0 Å². The van der Waals surface area contributed by atoms with E-state index in [1.54, 1.807) is 6.92 Å². The average molecular weight is 202 g/mol. The highest BCUT2D eigenvalue weighted by atomic mass is 16.4. The van der Waals surface area contributed by atoms with Crippen LogP contribution in [-0.4, -0.2) is 27.9 Å². The maximum atomic E-state index is 11.2. The Bertz CT molecular complexity index is 258. The number of Topliss-reactive ketones (excluding diaryl/α,β-unsaturated/α-hetero) is 1. The number of hydrogen-bond acceptors (Lipinski definition) is 3. The Morgan fingerprint density at radius 1 is 1.21 bits per heavy atom. The van der Waals surface area contributed by atoms with Crippen molar-refractivity contribution < 1.29 is 24.6 Å². The molecule has 1 atom stereocenters. The second-order valence-electron chi connectivity index (χ2n) is 3.52. The lowest BCUT2D eigenvalue weighted by Crippen LogP contribution is -2.35. The maximum absolute atomic E-state index is 11.2. The molecule has 1 unspecified atom stereocenters. The van der Waals surface area contributed by atoms with Gasteiger partial charge >= 0.3 is 11.9 Å². The predicted molar refractivity (Wildman–Crippen MR) is 47.9 cm³/mol. The first-order valence-electron chi connectivity index (χ1n) is 4.33. The van der Waals surface area contributed by atoms with Crippen LogP contribution in [0, 0.1) is 5.41 Å². The van der Waals surface area contributed by atoms with Gasteiger partial charge in [-0.1, -0.05) is 20.3 Å². The minimum atomic E-state index is -1.57. The van der Waals surface area contributed by atoms with Crippen molar-refractivity contribution in [1.82, 2.24) is 0 Å². The summed E-state index contributed by atoms with van der Waals surface area (Å²) in [6.07, 6.45) is 0.402. The van der Waals surface area contributed by atoms with E-state index in [-0.39, 0.29) is 6.42 Å². The van der Waals surface area contributed by atoms with Crippen LogP contribution in [0.4, 0.5) is 0 Å². The van der Waals surface area contributed by atoms with E-state index in [9.17, 15) is 14.4 Å². The molecule has 0 saturated heterocycles. The largest absolute Gasteiger partial charge is 0.481 e. The summed E-state index contributed by atoms with van der Waals surface area (Å²) in [4.78, 5) is 32.2. The summed E-state index contributed by atoms with van der Waals surface area (Å²) in [7, 11) is 0. The van der Waals surface area contributed by atoms with Crippen LogP contribution < -0.4 is 0 Å². The SMILES string of the molecule is CCCC(C)(CC(=O)O)C(=O)C(=O)O. The van der Waals surface area contributed by atoms with E-state index >= 15 is 0 Å². The quantitative estimate of drug-likeness (QED) is 0.625. The summed E-state index contributed by atoms with van der Waals surface area (Å²) in [5, 5.41) is 17.1. The molecule has 14 heavy (non-hydrogen) atoms. The molecular weight excluding hydrogens is 188 g/mol. The highest BCUT2D eigenvalue weighted by Crippen LogP contribution is 2.28. The van der Waals surface area contributed by atoms with Gasteiger partial charge in [0.05, 0.1) is 6.42 Å². The second kappa shape index (κ2) is 4.74. The fourth-order valence-electron chi connectivity index (χ4n) is 1.43. The second-order valence-corrected chi connectivity index (χ2v) is 3.52. The number of carboxylic acids is 2. The van der Waals surface area contributed by atoms with Crippen LogP contribution in [0.5, 0.6) is 0 Å². The van der Waals surface area contributed by atoms with Crippen molar-refractivity contribution in [3.63, 3.8) is 0 Å². The summed E-state index contributed by atoms with van der Waals surface area (Å²) >= 11 is 0. The Hall–Kier alpha value is -1.39.